The Kier molecular flexibility index (Phi) is 3.32. The number of halogens is 1. The summed E-state index contributed by atoms with van der Waals surface area (Å²) in [6.45, 7) is 0.474. The summed E-state index contributed by atoms with van der Waals surface area (Å²) in [4.78, 5) is 0. The number of nitrogens with two attached hydrogens (primary N) is 1. The van der Waals surface area contributed by atoms with Gasteiger partial charge in [0, 0.05) is 5.56 Å². The number of hydrogen-bond donors (Lipinski definition) is 2. The van der Waals surface area contributed by atoms with Crippen molar-refractivity contribution in [2.75, 3.05) is 6.61 Å². The van der Waals surface area contributed by atoms with Crippen LogP contribution in [0.4, 0.5) is 4.39 Å². The Labute approximate surface area is 99.0 Å². The minimum Gasteiger partial charge on any atom is -0.493 e. The summed E-state index contributed by atoms with van der Waals surface area (Å²) in [5, 5.41) is 4.94. The second-order valence-corrected chi connectivity index (χ2v) is 5.21. The topological polar surface area (TPSA) is 81.4 Å². The highest BCUT2D eigenvalue weighted by molar-refractivity contribution is 7.87. The SMILES string of the molecule is NS(=O)(=O)N[C@@H]1CCCOc2ccc(F)cc21. The number of nitrogens with one attached hydrogen (secondary N) is 1. The van der Waals surface area contributed by atoms with E-state index in [1.165, 1.54) is 18.2 Å². The molecular formula is C10H13FN2O3S. The Bertz CT molecular complexity index is 518. The van der Waals surface area contributed by atoms with E-state index in [4.69, 9.17) is 9.88 Å². The first kappa shape index (κ1) is 12.3. The molecule has 7 heteroatoms. The molecule has 0 aromatic heterocycles. The first-order valence-corrected chi connectivity index (χ1v) is 6.72. The summed E-state index contributed by atoms with van der Waals surface area (Å²) in [5.41, 5.74) is 0.483. The minimum absolute atomic E-state index is 0.435. The van der Waals surface area contributed by atoms with Crippen LogP contribution in [-0.2, 0) is 10.2 Å². The largest absolute Gasteiger partial charge is 0.493 e. The maximum Gasteiger partial charge on any atom is 0.274 e. The fourth-order valence-electron chi connectivity index (χ4n) is 1.87. The lowest BCUT2D eigenvalue weighted by Gasteiger charge is -2.16. The van der Waals surface area contributed by atoms with Gasteiger partial charge in [0.1, 0.15) is 11.6 Å². The lowest BCUT2D eigenvalue weighted by atomic mass is 10.0. The molecular weight excluding hydrogens is 247 g/mol. The maximum atomic E-state index is 13.2. The highest BCUT2D eigenvalue weighted by atomic mass is 32.2. The van der Waals surface area contributed by atoms with Gasteiger partial charge in [0.05, 0.1) is 12.6 Å². The molecule has 0 amide bonds. The zero-order valence-corrected chi connectivity index (χ0v) is 9.84. The summed E-state index contributed by atoms with van der Waals surface area (Å²) in [7, 11) is -3.82. The van der Waals surface area contributed by atoms with Crippen molar-refractivity contribution >= 4 is 10.2 Å². The summed E-state index contributed by atoms with van der Waals surface area (Å²) in [6.07, 6.45) is 1.19. The number of fused-ring (bicyclic) bond motifs is 1. The molecule has 1 heterocycles. The lowest BCUT2D eigenvalue weighted by molar-refractivity contribution is 0.315. The Morgan fingerprint density at radius 3 is 2.94 bits per heavy atom. The highest BCUT2D eigenvalue weighted by Crippen LogP contribution is 2.32. The molecule has 0 saturated heterocycles. The Hall–Kier alpha value is -1.18. The van der Waals surface area contributed by atoms with Crippen molar-refractivity contribution in [3.63, 3.8) is 0 Å². The molecule has 1 aromatic rings. The second-order valence-electron chi connectivity index (χ2n) is 3.89. The van der Waals surface area contributed by atoms with Crippen LogP contribution in [0.15, 0.2) is 18.2 Å². The smallest absolute Gasteiger partial charge is 0.274 e. The molecule has 17 heavy (non-hydrogen) atoms. The molecule has 0 aliphatic carbocycles. The van der Waals surface area contributed by atoms with Crippen molar-refractivity contribution < 1.29 is 17.5 Å². The van der Waals surface area contributed by atoms with Crippen LogP contribution in [0.3, 0.4) is 0 Å². The fraction of sp³-hybridized carbons (Fsp3) is 0.400. The Balaban J connectivity index is 2.38. The van der Waals surface area contributed by atoms with Gasteiger partial charge < -0.3 is 4.74 Å². The van der Waals surface area contributed by atoms with E-state index >= 15 is 0 Å². The number of hydrogen-bond acceptors (Lipinski definition) is 3. The number of benzene rings is 1. The van der Waals surface area contributed by atoms with Gasteiger partial charge in [-0.2, -0.15) is 13.1 Å². The van der Waals surface area contributed by atoms with Gasteiger partial charge in [0.2, 0.25) is 0 Å². The van der Waals surface area contributed by atoms with Crippen LogP contribution in [0, 0.1) is 5.82 Å². The van der Waals surface area contributed by atoms with Crippen LogP contribution in [-0.4, -0.2) is 15.0 Å². The molecule has 0 bridgehead atoms. The normalized spacial score (nSPS) is 20.2. The number of rotatable bonds is 2. The predicted molar refractivity (Wildman–Crippen MR) is 60.1 cm³/mol. The average molecular weight is 260 g/mol. The molecule has 2 rings (SSSR count). The molecule has 94 valence electrons. The van der Waals surface area contributed by atoms with Gasteiger partial charge in [0.25, 0.3) is 10.2 Å². The molecule has 1 atom stereocenters. The van der Waals surface area contributed by atoms with E-state index in [0.29, 0.717) is 30.8 Å². The van der Waals surface area contributed by atoms with E-state index in [-0.39, 0.29) is 0 Å². The summed E-state index contributed by atoms with van der Waals surface area (Å²) < 4.78 is 42.9. The van der Waals surface area contributed by atoms with Crippen molar-refractivity contribution in [2.24, 2.45) is 5.14 Å². The van der Waals surface area contributed by atoms with Gasteiger partial charge in [-0.25, -0.2) is 9.53 Å². The molecule has 1 aromatic carbocycles. The molecule has 0 fully saturated rings. The third kappa shape index (κ3) is 3.15. The molecule has 0 radical (unpaired) electrons. The van der Waals surface area contributed by atoms with Gasteiger partial charge in [0.15, 0.2) is 0 Å². The third-order valence-electron chi connectivity index (χ3n) is 2.55. The van der Waals surface area contributed by atoms with Crippen LogP contribution in [0.2, 0.25) is 0 Å². The predicted octanol–water partition coefficient (Wildman–Crippen LogP) is 0.832. The lowest BCUT2D eigenvalue weighted by Crippen LogP contribution is -2.34. The van der Waals surface area contributed by atoms with Crippen molar-refractivity contribution in [1.82, 2.24) is 4.72 Å². The van der Waals surface area contributed by atoms with Crippen molar-refractivity contribution in [2.45, 2.75) is 18.9 Å². The quantitative estimate of drug-likeness (QED) is 0.826. The zero-order valence-electron chi connectivity index (χ0n) is 9.02. The molecule has 1 aliphatic rings. The standard InChI is InChI=1S/C10H13FN2O3S/c11-7-3-4-10-8(6-7)9(2-1-5-16-10)13-17(12,14)15/h3-4,6,9,13H,1-2,5H2,(H2,12,14,15)/t9-/m1/s1. The first-order chi connectivity index (χ1) is 7.96. The first-order valence-electron chi connectivity index (χ1n) is 5.18. The molecule has 0 spiro atoms. The summed E-state index contributed by atoms with van der Waals surface area (Å²) in [5.74, 6) is 0.0560. The Morgan fingerprint density at radius 1 is 1.47 bits per heavy atom. The van der Waals surface area contributed by atoms with E-state index in [9.17, 15) is 12.8 Å². The second kappa shape index (κ2) is 4.59. The van der Waals surface area contributed by atoms with E-state index in [1.807, 2.05) is 0 Å². The zero-order chi connectivity index (χ0) is 12.5. The van der Waals surface area contributed by atoms with Gasteiger partial charge in [-0.3, -0.25) is 0 Å². The van der Waals surface area contributed by atoms with Gasteiger partial charge in [-0.1, -0.05) is 0 Å². The molecule has 3 N–H and O–H groups in total. The fourth-order valence-corrected chi connectivity index (χ4v) is 2.51. The van der Waals surface area contributed by atoms with E-state index in [2.05, 4.69) is 4.72 Å². The van der Waals surface area contributed by atoms with Crippen LogP contribution in [0.5, 0.6) is 5.75 Å². The summed E-state index contributed by atoms with van der Waals surface area (Å²) >= 11 is 0. The monoisotopic (exact) mass is 260 g/mol. The van der Waals surface area contributed by atoms with E-state index in [1.54, 1.807) is 0 Å². The molecule has 1 aliphatic heterocycles. The molecule has 0 unspecified atom stereocenters. The molecule has 5 nitrogen and oxygen atoms in total. The van der Waals surface area contributed by atoms with Gasteiger partial charge >= 0.3 is 0 Å². The van der Waals surface area contributed by atoms with E-state index in [0.717, 1.165) is 0 Å². The van der Waals surface area contributed by atoms with Crippen LogP contribution >= 0.6 is 0 Å². The van der Waals surface area contributed by atoms with Gasteiger partial charge in [-0.15, -0.1) is 0 Å². The van der Waals surface area contributed by atoms with Crippen LogP contribution in [0.25, 0.3) is 0 Å². The molecule has 0 saturated carbocycles. The van der Waals surface area contributed by atoms with Crippen molar-refractivity contribution in [1.29, 1.82) is 0 Å². The Morgan fingerprint density at radius 2 is 2.24 bits per heavy atom. The maximum absolute atomic E-state index is 13.2. The van der Waals surface area contributed by atoms with Gasteiger partial charge in [-0.05, 0) is 31.0 Å². The highest BCUT2D eigenvalue weighted by Gasteiger charge is 2.23. The van der Waals surface area contributed by atoms with Crippen molar-refractivity contribution in [3.8, 4) is 5.75 Å². The van der Waals surface area contributed by atoms with Crippen LogP contribution in [0.1, 0.15) is 24.4 Å². The van der Waals surface area contributed by atoms with E-state index < -0.39 is 22.1 Å². The number of ether oxygens (including phenoxy) is 1. The van der Waals surface area contributed by atoms with Crippen molar-refractivity contribution in [3.05, 3.63) is 29.6 Å². The summed E-state index contributed by atoms with van der Waals surface area (Å²) in [6, 6.07) is 3.49. The minimum atomic E-state index is -3.82. The van der Waals surface area contributed by atoms with Crippen LogP contribution < -0.4 is 14.6 Å². The average Bonchev–Trinajstić information content (AvgIpc) is 2.39. The third-order valence-corrected chi connectivity index (χ3v) is 3.16.